The van der Waals surface area contributed by atoms with Crippen LogP contribution in [0.25, 0.3) is 0 Å². The van der Waals surface area contributed by atoms with Gasteiger partial charge in [0.25, 0.3) is 0 Å². The first-order valence-corrected chi connectivity index (χ1v) is 5.71. The molecule has 18 heavy (non-hydrogen) atoms. The number of rotatable bonds is 5. The smallest absolute Gasteiger partial charge is 0.338 e. The minimum Gasteiger partial charge on any atom is -0.459 e. The van der Waals surface area contributed by atoms with Crippen molar-refractivity contribution in [2.45, 2.75) is 26.4 Å². The van der Waals surface area contributed by atoms with Gasteiger partial charge in [0.1, 0.15) is 11.9 Å². The summed E-state index contributed by atoms with van der Waals surface area (Å²) in [6.07, 6.45) is 0.300. The van der Waals surface area contributed by atoms with Gasteiger partial charge in [0.2, 0.25) is 0 Å². The summed E-state index contributed by atoms with van der Waals surface area (Å²) in [6, 6.07) is 2.56. The summed E-state index contributed by atoms with van der Waals surface area (Å²) in [5.74, 6) is -1.09. The van der Waals surface area contributed by atoms with Crippen molar-refractivity contribution in [3.05, 3.63) is 29.1 Å². The molecule has 0 spiro atoms. The third kappa shape index (κ3) is 3.70. The van der Waals surface area contributed by atoms with Gasteiger partial charge < -0.3 is 15.2 Å². The topological polar surface area (TPSA) is 61.5 Å². The highest BCUT2D eigenvalue weighted by atomic mass is 19.1. The number of halogens is 1. The Bertz CT molecular complexity index is 411. The molecule has 0 saturated heterocycles. The number of carbonyl (C=O) groups excluding carboxylic acids is 1. The number of hydrogen-bond donors (Lipinski definition) is 1. The average Bonchev–Trinajstić information content (AvgIpc) is 2.32. The lowest BCUT2D eigenvalue weighted by molar-refractivity contribution is 0.0266. The van der Waals surface area contributed by atoms with E-state index in [0.717, 1.165) is 6.07 Å². The number of anilines is 1. The summed E-state index contributed by atoms with van der Waals surface area (Å²) in [5, 5.41) is 0. The first-order chi connectivity index (χ1) is 8.45. The summed E-state index contributed by atoms with van der Waals surface area (Å²) in [6.45, 7) is 3.81. The molecule has 0 heterocycles. The van der Waals surface area contributed by atoms with E-state index in [2.05, 4.69) is 0 Å². The van der Waals surface area contributed by atoms with E-state index >= 15 is 0 Å². The lowest BCUT2D eigenvalue weighted by Gasteiger charge is -2.13. The standard InChI is InChI=1S/C13H18FNO3/c1-8(4-5-17-3)18-13(16)10-6-11(14)9(2)12(15)7-10/h6-8H,4-5,15H2,1-3H3. The Labute approximate surface area is 106 Å². The van der Waals surface area contributed by atoms with Crippen LogP contribution in [0, 0.1) is 12.7 Å². The predicted molar refractivity (Wildman–Crippen MR) is 66.9 cm³/mol. The van der Waals surface area contributed by atoms with E-state index < -0.39 is 11.8 Å². The van der Waals surface area contributed by atoms with Gasteiger partial charge in [-0.05, 0) is 26.0 Å². The number of ether oxygens (including phenoxy) is 2. The molecule has 0 amide bonds. The SMILES string of the molecule is COCCC(C)OC(=O)c1cc(N)c(C)c(F)c1. The van der Waals surface area contributed by atoms with Gasteiger partial charge in [0.15, 0.2) is 0 Å². The van der Waals surface area contributed by atoms with Gasteiger partial charge >= 0.3 is 5.97 Å². The molecule has 1 rings (SSSR count). The monoisotopic (exact) mass is 255 g/mol. The first-order valence-electron chi connectivity index (χ1n) is 5.71. The first kappa shape index (κ1) is 14.4. The van der Waals surface area contributed by atoms with Gasteiger partial charge in [0, 0.05) is 31.4 Å². The number of nitrogens with two attached hydrogens (primary N) is 1. The molecule has 5 heteroatoms. The Morgan fingerprint density at radius 2 is 2.17 bits per heavy atom. The van der Waals surface area contributed by atoms with Crippen molar-refractivity contribution in [2.75, 3.05) is 19.5 Å². The molecule has 0 aliphatic rings. The number of benzene rings is 1. The Morgan fingerprint density at radius 1 is 1.50 bits per heavy atom. The molecule has 2 N–H and O–H groups in total. The zero-order valence-electron chi connectivity index (χ0n) is 10.8. The van der Waals surface area contributed by atoms with Crippen LogP contribution in [0.1, 0.15) is 29.3 Å². The maximum atomic E-state index is 13.4. The maximum absolute atomic E-state index is 13.4. The van der Waals surface area contributed by atoms with Gasteiger partial charge in [-0.3, -0.25) is 0 Å². The minimum absolute atomic E-state index is 0.125. The van der Waals surface area contributed by atoms with Crippen LogP contribution in [0.2, 0.25) is 0 Å². The van der Waals surface area contributed by atoms with Crippen LogP contribution >= 0.6 is 0 Å². The van der Waals surface area contributed by atoms with Crippen molar-refractivity contribution in [1.29, 1.82) is 0 Å². The molecule has 0 bridgehead atoms. The zero-order chi connectivity index (χ0) is 13.7. The number of methoxy groups -OCH3 is 1. The number of carbonyl (C=O) groups is 1. The van der Waals surface area contributed by atoms with Crippen LogP contribution in [0.15, 0.2) is 12.1 Å². The lowest BCUT2D eigenvalue weighted by Crippen LogP contribution is -2.17. The molecule has 1 unspecified atom stereocenters. The summed E-state index contributed by atoms with van der Waals surface area (Å²) in [4.78, 5) is 11.7. The molecule has 1 aromatic carbocycles. The second-order valence-corrected chi connectivity index (χ2v) is 4.17. The molecule has 0 aromatic heterocycles. The van der Waals surface area contributed by atoms with Crippen molar-refractivity contribution in [3.63, 3.8) is 0 Å². The van der Waals surface area contributed by atoms with Gasteiger partial charge in [-0.1, -0.05) is 0 Å². The fourth-order valence-corrected chi connectivity index (χ4v) is 1.41. The zero-order valence-corrected chi connectivity index (χ0v) is 10.8. The quantitative estimate of drug-likeness (QED) is 0.647. The Kier molecular flexibility index (Phi) is 5.09. The maximum Gasteiger partial charge on any atom is 0.338 e. The molecule has 0 saturated carbocycles. The molecular weight excluding hydrogens is 237 g/mol. The van der Waals surface area contributed by atoms with E-state index in [9.17, 15) is 9.18 Å². The second-order valence-electron chi connectivity index (χ2n) is 4.17. The molecule has 0 aliphatic carbocycles. The van der Waals surface area contributed by atoms with Crippen molar-refractivity contribution in [2.24, 2.45) is 0 Å². The largest absolute Gasteiger partial charge is 0.459 e. The van der Waals surface area contributed by atoms with Crippen molar-refractivity contribution in [1.82, 2.24) is 0 Å². The molecule has 100 valence electrons. The average molecular weight is 255 g/mol. The van der Waals surface area contributed by atoms with E-state index in [1.807, 2.05) is 0 Å². The third-order valence-electron chi connectivity index (χ3n) is 2.66. The van der Waals surface area contributed by atoms with E-state index in [1.165, 1.54) is 6.07 Å². The number of hydrogen-bond acceptors (Lipinski definition) is 4. The molecule has 0 fully saturated rings. The fraction of sp³-hybridized carbons (Fsp3) is 0.462. The Hall–Kier alpha value is -1.62. The highest BCUT2D eigenvalue weighted by Crippen LogP contribution is 2.18. The Morgan fingerprint density at radius 3 is 2.72 bits per heavy atom. The highest BCUT2D eigenvalue weighted by Gasteiger charge is 2.15. The number of esters is 1. The summed E-state index contributed by atoms with van der Waals surface area (Å²) < 4.78 is 23.5. The van der Waals surface area contributed by atoms with Crippen molar-refractivity contribution in [3.8, 4) is 0 Å². The molecule has 0 radical (unpaired) electrons. The van der Waals surface area contributed by atoms with Crippen LogP contribution in [-0.2, 0) is 9.47 Å². The summed E-state index contributed by atoms with van der Waals surface area (Å²) in [7, 11) is 1.57. The third-order valence-corrected chi connectivity index (χ3v) is 2.66. The van der Waals surface area contributed by atoms with Gasteiger partial charge in [-0.2, -0.15) is 0 Å². The fourth-order valence-electron chi connectivity index (χ4n) is 1.41. The lowest BCUT2D eigenvalue weighted by atomic mass is 10.1. The molecule has 1 aromatic rings. The molecule has 1 atom stereocenters. The van der Waals surface area contributed by atoms with Crippen LogP contribution in [0.3, 0.4) is 0 Å². The van der Waals surface area contributed by atoms with Crippen molar-refractivity contribution < 1.29 is 18.7 Å². The number of nitrogen functional groups attached to an aromatic ring is 1. The van der Waals surface area contributed by atoms with E-state index in [0.29, 0.717) is 18.6 Å². The van der Waals surface area contributed by atoms with Crippen LogP contribution in [0.5, 0.6) is 0 Å². The van der Waals surface area contributed by atoms with Crippen LogP contribution < -0.4 is 5.73 Å². The molecular formula is C13H18FNO3. The molecule has 0 aliphatic heterocycles. The Balaban J connectivity index is 2.73. The highest BCUT2D eigenvalue weighted by molar-refractivity contribution is 5.90. The van der Waals surface area contributed by atoms with Crippen LogP contribution in [0.4, 0.5) is 10.1 Å². The summed E-state index contributed by atoms with van der Waals surface area (Å²) in [5.41, 5.74) is 6.30. The normalized spacial score (nSPS) is 12.2. The van der Waals surface area contributed by atoms with E-state index in [-0.39, 0.29) is 17.4 Å². The minimum atomic E-state index is -0.579. The van der Waals surface area contributed by atoms with Gasteiger partial charge in [-0.25, -0.2) is 9.18 Å². The van der Waals surface area contributed by atoms with Gasteiger partial charge in [0.05, 0.1) is 5.56 Å². The van der Waals surface area contributed by atoms with E-state index in [4.69, 9.17) is 15.2 Å². The van der Waals surface area contributed by atoms with Crippen molar-refractivity contribution >= 4 is 11.7 Å². The molecule has 4 nitrogen and oxygen atoms in total. The van der Waals surface area contributed by atoms with E-state index in [1.54, 1.807) is 21.0 Å². The second kappa shape index (κ2) is 6.35. The van der Waals surface area contributed by atoms with Gasteiger partial charge in [-0.15, -0.1) is 0 Å². The summed E-state index contributed by atoms with van der Waals surface area (Å²) >= 11 is 0. The van der Waals surface area contributed by atoms with Crippen LogP contribution in [-0.4, -0.2) is 25.8 Å². The predicted octanol–water partition coefficient (Wildman–Crippen LogP) is 2.30.